The maximum absolute atomic E-state index is 12.9. The molecule has 2 rings (SSSR count). The zero-order valence-electron chi connectivity index (χ0n) is 20.4. The van der Waals surface area contributed by atoms with Crippen molar-refractivity contribution in [3.63, 3.8) is 0 Å². The Hall–Kier alpha value is -3.23. The van der Waals surface area contributed by atoms with Crippen molar-refractivity contribution < 1.29 is 22.8 Å². The first-order chi connectivity index (χ1) is 15.8. The van der Waals surface area contributed by atoms with Crippen molar-refractivity contribution in [3.8, 4) is 0 Å². The normalized spacial score (nSPS) is 12.1. The van der Waals surface area contributed by atoms with Gasteiger partial charge in [-0.3, -0.25) is 9.59 Å². The molecule has 0 atom stereocenters. The average Bonchev–Trinajstić information content (AvgIpc) is 2.72. The van der Waals surface area contributed by atoms with E-state index in [1.165, 1.54) is 26.0 Å². The highest BCUT2D eigenvalue weighted by molar-refractivity contribution is 6.13. The predicted molar refractivity (Wildman–Crippen MR) is 128 cm³/mol. The summed E-state index contributed by atoms with van der Waals surface area (Å²) in [7, 11) is 0. The number of alkyl halides is 3. The van der Waals surface area contributed by atoms with Crippen LogP contribution in [0.25, 0.3) is 6.08 Å². The summed E-state index contributed by atoms with van der Waals surface area (Å²) in [6.45, 7) is 10.7. The van der Waals surface area contributed by atoms with E-state index in [1.807, 2.05) is 13.8 Å². The van der Waals surface area contributed by atoms with E-state index in [-0.39, 0.29) is 5.82 Å². The van der Waals surface area contributed by atoms with E-state index in [1.54, 1.807) is 19.1 Å². The highest BCUT2D eigenvalue weighted by atomic mass is 19.4. The van der Waals surface area contributed by atoms with Crippen LogP contribution >= 0.6 is 0 Å². The molecule has 0 saturated heterocycles. The van der Waals surface area contributed by atoms with E-state index < -0.39 is 29.0 Å². The number of hydrogen-bond acceptors (Lipinski definition) is 5. The summed E-state index contributed by atoms with van der Waals surface area (Å²) in [6.07, 6.45) is 0.984. The molecule has 34 heavy (non-hydrogen) atoms. The number of amides is 2. The molecule has 184 valence electrons. The largest absolute Gasteiger partial charge is 0.416 e. The van der Waals surface area contributed by atoms with Gasteiger partial charge in [0.05, 0.1) is 11.3 Å². The molecule has 0 aliphatic carbocycles. The molecule has 1 aromatic heterocycles. The summed E-state index contributed by atoms with van der Waals surface area (Å²) in [4.78, 5) is 34.4. The van der Waals surface area contributed by atoms with Gasteiger partial charge in [-0.1, -0.05) is 51.5 Å². The second-order valence-corrected chi connectivity index (χ2v) is 8.65. The maximum atomic E-state index is 12.9. The van der Waals surface area contributed by atoms with Crippen LogP contribution in [-0.4, -0.2) is 28.3 Å². The summed E-state index contributed by atoms with van der Waals surface area (Å²) in [6, 6.07) is 4.98. The number of allylic oxidation sites excluding steroid dienone is 1. The smallest absolute Gasteiger partial charge is 0.354 e. The van der Waals surface area contributed by atoms with Gasteiger partial charge in [0, 0.05) is 31.4 Å². The Morgan fingerprint density at radius 3 is 2.09 bits per heavy atom. The number of nitrogens with one attached hydrogen (secondary N) is 1. The van der Waals surface area contributed by atoms with Crippen molar-refractivity contribution in [2.75, 3.05) is 16.8 Å². The van der Waals surface area contributed by atoms with Crippen LogP contribution in [0.3, 0.4) is 0 Å². The van der Waals surface area contributed by atoms with Gasteiger partial charge in [-0.05, 0) is 31.0 Å². The van der Waals surface area contributed by atoms with Crippen LogP contribution in [0, 0.1) is 6.92 Å². The van der Waals surface area contributed by atoms with Crippen LogP contribution in [0.4, 0.5) is 24.9 Å². The zero-order valence-corrected chi connectivity index (χ0v) is 20.4. The molecule has 1 N–H and O–H groups in total. The fourth-order valence-electron chi connectivity index (χ4n) is 3.38. The highest BCUT2D eigenvalue weighted by Gasteiger charge is 2.31. The van der Waals surface area contributed by atoms with Gasteiger partial charge < -0.3 is 5.32 Å². The van der Waals surface area contributed by atoms with E-state index in [0.29, 0.717) is 29.3 Å². The van der Waals surface area contributed by atoms with Crippen molar-refractivity contribution in [1.29, 1.82) is 0 Å². The van der Waals surface area contributed by atoms with Crippen LogP contribution in [0.2, 0.25) is 0 Å². The lowest BCUT2D eigenvalue weighted by Crippen LogP contribution is -2.35. The maximum Gasteiger partial charge on any atom is 0.416 e. The minimum atomic E-state index is -4.41. The Bertz CT molecular complexity index is 1050. The third-order valence-electron chi connectivity index (χ3n) is 5.39. The molecule has 2 amide bonds. The Morgan fingerprint density at radius 1 is 1.03 bits per heavy atom. The van der Waals surface area contributed by atoms with Gasteiger partial charge in [-0.25, -0.2) is 9.88 Å². The Kier molecular flexibility index (Phi) is 8.58. The van der Waals surface area contributed by atoms with Gasteiger partial charge in [-0.2, -0.15) is 18.2 Å². The summed E-state index contributed by atoms with van der Waals surface area (Å²) in [5.41, 5.74) is 0.336. The minimum absolute atomic E-state index is 0.158. The van der Waals surface area contributed by atoms with Crippen molar-refractivity contribution in [3.05, 3.63) is 52.7 Å². The first-order valence-electron chi connectivity index (χ1n) is 11.1. The molecule has 2 aromatic rings. The number of rotatable bonds is 8. The zero-order chi connectivity index (χ0) is 25.7. The van der Waals surface area contributed by atoms with E-state index in [4.69, 9.17) is 0 Å². The van der Waals surface area contributed by atoms with Crippen LogP contribution < -0.4 is 10.2 Å². The molecule has 0 bridgehead atoms. The number of benzene rings is 1. The van der Waals surface area contributed by atoms with Gasteiger partial charge in [0.2, 0.25) is 17.8 Å². The van der Waals surface area contributed by atoms with E-state index >= 15 is 0 Å². The average molecular weight is 477 g/mol. The summed E-state index contributed by atoms with van der Waals surface area (Å²) in [5, 5.41) is 3.11. The fourth-order valence-corrected chi connectivity index (χ4v) is 3.38. The van der Waals surface area contributed by atoms with Crippen molar-refractivity contribution in [2.45, 2.75) is 66.0 Å². The number of nitrogens with zero attached hydrogens (tertiary/aromatic N) is 3. The molecule has 0 unspecified atom stereocenters. The van der Waals surface area contributed by atoms with Crippen LogP contribution in [-0.2, 0) is 21.2 Å². The number of halogens is 3. The monoisotopic (exact) mass is 476 g/mol. The number of aryl methyl sites for hydroxylation is 1. The van der Waals surface area contributed by atoms with Gasteiger partial charge in [0.15, 0.2) is 5.82 Å². The van der Waals surface area contributed by atoms with Crippen LogP contribution in [0.15, 0.2) is 30.3 Å². The second kappa shape index (κ2) is 10.8. The molecule has 0 spiro atoms. The quantitative estimate of drug-likeness (QED) is 0.480. The molecule has 6 nitrogen and oxygen atoms in total. The summed E-state index contributed by atoms with van der Waals surface area (Å²) >= 11 is 0. The summed E-state index contributed by atoms with van der Waals surface area (Å²) in [5.74, 6) is -0.498. The van der Waals surface area contributed by atoms with Crippen molar-refractivity contribution >= 4 is 29.7 Å². The minimum Gasteiger partial charge on any atom is -0.354 e. The number of imide groups is 1. The second-order valence-electron chi connectivity index (χ2n) is 8.65. The van der Waals surface area contributed by atoms with E-state index in [2.05, 4.69) is 22.2 Å². The first kappa shape index (κ1) is 27.0. The van der Waals surface area contributed by atoms with E-state index in [0.717, 1.165) is 29.9 Å². The molecule has 0 fully saturated rings. The number of carbonyl (C=O) groups excluding carboxylic acids is 2. The molecular formula is C25H31F3N4O2. The standard InChI is InChI=1S/C25H31F3N4O2/c1-7-8-15-29-23-30-16(2)21(22(31-23)32(17(3)33)18(4)34)13-14-24(5,6)19-9-11-20(12-10-19)25(26,27)28/h9-14H,7-8,15H2,1-6H3,(H,29,30,31)/b14-13+. The van der Waals surface area contributed by atoms with Gasteiger partial charge >= 0.3 is 6.18 Å². The highest BCUT2D eigenvalue weighted by Crippen LogP contribution is 2.33. The molecule has 1 aromatic carbocycles. The molecule has 9 heteroatoms. The molecule has 0 radical (unpaired) electrons. The Balaban J connectivity index is 2.51. The van der Waals surface area contributed by atoms with Gasteiger partial charge in [0.1, 0.15) is 0 Å². The Labute approximate surface area is 198 Å². The number of carbonyl (C=O) groups is 2. The first-order valence-corrected chi connectivity index (χ1v) is 11.1. The SMILES string of the molecule is CCCCNc1nc(C)c(/C=C/C(C)(C)c2ccc(C(F)(F)F)cc2)c(N(C(C)=O)C(C)=O)n1. The number of unbranched alkanes of at least 4 members (excludes halogenated alkanes) is 1. The molecule has 0 saturated carbocycles. The van der Waals surface area contributed by atoms with E-state index in [9.17, 15) is 22.8 Å². The number of aromatic nitrogens is 2. The molecule has 0 aliphatic heterocycles. The molecular weight excluding hydrogens is 445 g/mol. The predicted octanol–water partition coefficient (Wildman–Crippen LogP) is 5.91. The van der Waals surface area contributed by atoms with Gasteiger partial charge in [0.25, 0.3) is 0 Å². The summed E-state index contributed by atoms with van der Waals surface area (Å²) < 4.78 is 38.8. The van der Waals surface area contributed by atoms with Crippen molar-refractivity contribution in [1.82, 2.24) is 9.97 Å². The molecule has 0 aliphatic rings. The lowest BCUT2D eigenvalue weighted by Gasteiger charge is -2.23. The molecule has 1 heterocycles. The number of anilines is 2. The van der Waals surface area contributed by atoms with Gasteiger partial charge in [-0.15, -0.1) is 0 Å². The lowest BCUT2D eigenvalue weighted by atomic mass is 9.83. The van der Waals surface area contributed by atoms with Crippen LogP contribution in [0.5, 0.6) is 0 Å². The fraction of sp³-hybridized carbons (Fsp3) is 0.440. The lowest BCUT2D eigenvalue weighted by molar-refractivity contribution is -0.137. The van der Waals surface area contributed by atoms with Crippen LogP contribution in [0.1, 0.15) is 69.8 Å². The third-order valence-corrected chi connectivity index (χ3v) is 5.39. The Morgan fingerprint density at radius 2 is 1.59 bits per heavy atom. The number of hydrogen-bond donors (Lipinski definition) is 1. The third kappa shape index (κ3) is 6.65. The van der Waals surface area contributed by atoms with Crippen molar-refractivity contribution in [2.24, 2.45) is 0 Å². The topological polar surface area (TPSA) is 75.2 Å².